The van der Waals surface area contributed by atoms with Crippen LogP contribution in [0.1, 0.15) is 22.8 Å². The number of hydrogen-bond acceptors (Lipinski definition) is 5. The van der Waals surface area contributed by atoms with Crippen molar-refractivity contribution >= 4 is 5.97 Å². The fourth-order valence-corrected chi connectivity index (χ4v) is 1.47. The normalized spacial score (nSPS) is 11.0. The van der Waals surface area contributed by atoms with Gasteiger partial charge in [-0.3, -0.25) is 0 Å². The van der Waals surface area contributed by atoms with E-state index in [9.17, 15) is 26.7 Å². The molecule has 0 radical (unpaired) electrons. The predicted molar refractivity (Wildman–Crippen MR) is 60.4 cm³/mol. The number of carbonyl (C=O) groups excluding carboxylic acids is 1. The summed E-state index contributed by atoms with van der Waals surface area (Å²) in [5.74, 6) is -3.55. The van der Waals surface area contributed by atoms with Gasteiger partial charge in [0.05, 0.1) is 12.2 Å². The summed E-state index contributed by atoms with van der Waals surface area (Å²) in [7, 11) is 0. The molecule has 1 aromatic rings. The molecule has 0 saturated heterocycles. The Kier molecular flexibility index (Phi) is 5.50. The summed E-state index contributed by atoms with van der Waals surface area (Å²) in [6, 6.07) is 2.86. The first-order valence-corrected chi connectivity index (χ1v) is 5.64. The van der Waals surface area contributed by atoms with E-state index in [1.807, 2.05) is 0 Å². The summed E-state index contributed by atoms with van der Waals surface area (Å²) in [5, 5.41) is 8.79. The van der Waals surface area contributed by atoms with Gasteiger partial charge < -0.3 is 14.2 Å². The van der Waals surface area contributed by atoms with Gasteiger partial charge in [-0.15, -0.1) is 13.2 Å². The van der Waals surface area contributed by atoms with Crippen molar-refractivity contribution in [2.45, 2.75) is 19.9 Å². The Labute approximate surface area is 120 Å². The van der Waals surface area contributed by atoms with E-state index in [-0.39, 0.29) is 6.61 Å². The average Bonchev–Trinajstić information content (AvgIpc) is 2.36. The predicted octanol–water partition coefficient (Wildman–Crippen LogP) is 3.23. The van der Waals surface area contributed by atoms with Gasteiger partial charge in [-0.1, -0.05) is 0 Å². The lowest BCUT2D eigenvalue weighted by atomic mass is 10.1. The van der Waals surface area contributed by atoms with Crippen molar-refractivity contribution in [2.24, 2.45) is 0 Å². The number of nitrogens with zero attached hydrogens (tertiary/aromatic N) is 1. The van der Waals surface area contributed by atoms with Gasteiger partial charge in [-0.2, -0.15) is 14.0 Å². The molecule has 0 heterocycles. The second-order valence-corrected chi connectivity index (χ2v) is 3.57. The summed E-state index contributed by atoms with van der Waals surface area (Å²) in [4.78, 5) is 11.7. The lowest BCUT2D eigenvalue weighted by Gasteiger charge is -2.17. The van der Waals surface area contributed by atoms with E-state index >= 15 is 0 Å². The second kappa shape index (κ2) is 6.93. The molecule has 0 saturated carbocycles. The fourth-order valence-electron chi connectivity index (χ4n) is 1.47. The molecule has 0 aliphatic heterocycles. The molecule has 0 unspecified atom stereocenters. The number of alkyl halides is 5. The standard InChI is InChI=1S/C12H8F5NO4/c1-2-20-10(19)8-7(21-11(13)14)4-3-6(5-18)9(8)22-12(15,16)17/h3-4,11H,2H2,1H3. The number of esters is 1. The largest absolute Gasteiger partial charge is 0.573 e. The molecule has 0 bridgehead atoms. The molecular weight excluding hydrogens is 317 g/mol. The van der Waals surface area contributed by atoms with Crippen LogP contribution in [0.3, 0.4) is 0 Å². The van der Waals surface area contributed by atoms with E-state index in [1.165, 1.54) is 13.0 Å². The third-order valence-corrected chi connectivity index (χ3v) is 2.15. The Bertz CT molecular complexity index is 594. The first-order valence-electron chi connectivity index (χ1n) is 5.64. The second-order valence-electron chi connectivity index (χ2n) is 3.57. The number of carbonyl (C=O) groups is 1. The molecule has 0 aliphatic carbocycles. The van der Waals surface area contributed by atoms with Crippen LogP contribution in [0.2, 0.25) is 0 Å². The van der Waals surface area contributed by atoms with Gasteiger partial charge in [0.15, 0.2) is 5.75 Å². The molecule has 0 fully saturated rings. The maximum atomic E-state index is 12.4. The lowest BCUT2D eigenvalue weighted by molar-refractivity contribution is -0.274. The van der Waals surface area contributed by atoms with E-state index in [0.717, 1.165) is 12.1 Å². The molecule has 0 amide bonds. The van der Waals surface area contributed by atoms with Crippen LogP contribution >= 0.6 is 0 Å². The van der Waals surface area contributed by atoms with Crippen molar-refractivity contribution < 1.29 is 41.0 Å². The van der Waals surface area contributed by atoms with Crippen molar-refractivity contribution in [3.63, 3.8) is 0 Å². The molecule has 10 heteroatoms. The average molecular weight is 325 g/mol. The summed E-state index contributed by atoms with van der Waals surface area (Å²) in [5.41, 5.74) is -1.74. The van der Waals surface area contributed by atoms with Gasteiger partial charge in [0.25, 0.3) is 0 Å². The van der Waals surface area contributed by atoms with E-state index in [0.29, 0.717) is 0 Å². The molecule has 120 valence electrons. The highest BCUT2D eigenvalue weighted by Crippen LogP contribution is 2.37. The highest BCUT2D eigenvalue weighted by molar-refractivity contribution is 5.96. The Morgan fingerprint density at radius 1 is 1.36 bits per heavy atom. The van der Waals surface area contributed by atoms with Crippen molar-refractivity contribution in [1.82, 2.24) is 0 Å². The molecule has 0 spiro atoms. The third-order valence-electron chi connectivity index (χ3n) is 2.15. The van der Waals surface area contributed by atoms with Crippen molar-refractivity contribution in [3.05, 3.63) is 23.3 Å². The van der Waals surface area contributed by atoms with Gasteiger partial charge in [0.2, 0.25) is 0 Å². The minimum atomic E-state index is -5.25. The Morgan fingerprint density at radius 3 is 2.45 bits per heavy atom. The van der Waals surface area contributed by atoms with E-state index in [4.69, 9.17) is 5.26 Å². The summed E-state index contributed by atoms with van der Waals surface area (Å²) >= 11 is 0. The zero-order chi connectivity index (χ0) is 16.9. The Balaban J connectivity index is 3.52. The van der Waals surface area contributed by atoms with Crippen molar-refractivity contribution in [1.29, 1.82) is 5.26 Å². The number of ether oxygens (including phenoxy) is 3. The van der Waals surface area contributed by atoms with Gasteiger partial charge >= 0.3 is 18.9 Å². The van der Waals surface area contributed by atoms with Crippen LogP contribution in [0.5, 0.6) is 11.5 Å². The van der Waals surface area contributed by atoms with Gasteiger partial charge in [-0.25, -0.2) is 4.79 Å². The monoisotopic (exact) mass is 325 g/mol. The van der Waals surface area contributed by atoms with Crippen LogP contribution in [0.15, 0.2) is 12.1 Å². The van der Waals surface area contributed by atoms with Crippen LogP contribution in [0, 0.1) is 11.3 Å². The molecule has 0 N–H and O–H groups in total. The highest BCUT2D eigenvalue weighted by atomic mass is 19.4. The maximum Gasteiger partial charge on any atom is 0.573 e. The topological polar surface area (TPSA) is 68.5 Å². The van der Waals surface area contributed by atoms with Gasteiger partial charge in [0, 0.05) is 0 Å². The molecule has 5 nitrogen and oxygen atoms in total. The maximum absolute atomic E-state index is 12.4. The zero-order valence-electron chi connectivity index (χ0n) is 10.9. The molecule has 1 rings (SSSR count). The smallest absolute Gasteiger partial charge is 0.462 e. The minimum absolute atomic E-state index is 0.241. The van der Waals surface area contributed by atoms with E-state index in [1.54, 1.807) is 0 Å². The SMILES string of the molecule is CCOC(=O)c1c(OC(F)F)ccc(C#N)c1OC(F)(F)F. The van der Waals surface area contributed by atoms with Crippen LogP contribution in [-0.2, 0) is 4.74 Å². The van der Waals surface area contributed by atoms with E-state index in [2.05, 4.69) is 14.2 Å². The summed E-state index contributed by atoms with van der Waals surface area (Å²) in [6.45, 7) is -2.29. The van der Waals surface area contributed by atoms with Crippen molar-refractivity contribution in [3.8, 4) is 17.6 Å². The highest BCUT2D eigenvalue weighted by Gasteiger charge is 2.36. The number of rotatable bonds is 5. The van der Waals surface area contributed by atoms with Crippen LogP contribution in [-0.4, -0.2) is 25.6 Å². The lowest BCUT2D eigenvalue weighted by Crippen LogP contribution is -2.21. The number of halogens is 5. The fraction of sp³-hybridized carbons (Fsp3) is 0.333. The molecule has 0 aromatic heterocycles. The van der Waals surface area contributed by atoms with Crippen LogP contribution < -0.4 is 9.47 Å². The number of hydrogen-bond donors (Lipinski definition) is 0. The molecule has 22 heavy (non-hydrogen) atoms. The molecule has 0 aliphatic rings. The summed E-state index contributed by atoms with van der Waals surface area (Å²) in [6.07, 6.45) is -5.25. The molecule has 0 atom stereocenters. The number of benzene rings is 1. The Hall–Kier alpha value is -2.57. The quantitative estimate of drug-likeness (QED) is 0.614. The number of nitriles is 1. The van der Waals surface area contributed by atoms with Crippen LogP contribution in [0.25, 0.3) is 0 Å². The van der Waals surface area contributed by atoms with Gasteiger partial charge in [0.1, 0.15) is 17.4 Å². The zero-order valence-corrected chi connectivity index (χ0v) is 10.9. The minimum Gasteiger partial charge on any atom is -0.462 e. The first kappa shape index (κ1) is 17.5. The third kappa shape index (κ3) is 4.47. The Morgan fingerprint density at radius 2 is 2.00 bits per heavy atom. The molecular formula is C12H8F5NO4. The van der Waals surface area contributed by atoms with E-state index < -0.39 is 41.6 Å². The first-order chi connectivity index (χ1) is 10.2. The van der Waals surface area contributed by atoms with Crippen LogP contribution in [0.4, 0.5) is 22.0 Å². The summed E-state index contributed by atoms with van der Waals surface area (Å²) < 4.78 is 73.9. The van der Waals surface area contributed by atoms with Gasteiger partial charge in [-0.05, 0) is 19.1 Å². The van der Waals surface area contributed by atoms with Crippen molar-refractivity contribution in [2.75, 3.05) is 6.61 Å². The molecule has 1 aromatic carbocycles.